The van der Waals surface area contributed by atoms with Crippen molar-refractivity contribution < 1.29 is 0 Å². The molecule has 2 aliphatic rings. The van der Waals surface area contributed by atoms with Crippen LogP contribution in [0.4, 0.5) is 0 Å². The van der Waals surface area contributed by atoms with Crippen molar-refractivity contribution in [1.29, 1.82) is 0 Å². The lowest BCUT2D eigenvalue weighted by molar-refractivity contribution is 0.131. The first kappa shape index (κ1) is 14.1. The summed E-state index contributed by atoms with van der Waals surface area (Å²) in [5.74, 6) is 2.01. The van der Waals surface area contributed by atoms with Crippen molar-refractivity contribution in [3.8, 4) is 0 Å². The Labute approximate surface area is 123 Å². The van der Waals surface area contributed by atoms with Crippen molar-refractivity contribution in [3.05, 3.63) is 35.9 Å². The second kappa shape index (κ2) is 7.24. The van der Waals surface area contributed by atoms with Gasteiger partial charge in [-0.2, -0.15) is 0 Å². The van der Waals surface area contributed by atoms with E-state index in [0.717, 1.165) is 11.8 Å². The number of hydrogen-bond acceptors (Lipinski definition) is 2. The van der Waals surface area contributed by atoms with Crippen LogP contribution in [-0.2, 0) is 6.42 Å². The first-order chi connectivity index (χ1) is 9.92. The number of hydrogen-bond donors (Lipinski definition) is 1. The van der Waals surface area contributed by atoms with Crippen LogP contribution < -0.4 is 5.32 Å². The van der Waals surface area contributed by atoms with Crippen LogP contribution in [-0.4, -0.2) is 37.6 Å². The third-order valence-corrected chi connectivity index (χ3v) is 5.24. The van der Waals surface area contributed by atoms with Gasteiger partial charge in [0.2, 0.25) is 0 Å². The number of benzene rings is 1. The number of rotatable bonds is 4. The number of piperidine rings is 2. The molecule has 0 amide bonds. The average Bonchev–Trinajstić information content (AvgIpc) is 2.55. The third kappa shape index (κ3) is 3.83. The zero-order valence-electron chi connectivity index (χ0n) is 12.6. The SMILES string of the molecule is c1ccc(CCN2CCC(C3CCNCC3)CC2)cc1. The van der Waals surface area contributed by atoms with E-state index in [2.05, 4.69) is 40.5 Å². The fraction of sp³-hybridized carbons (Fsp3) is 0.667. The second-order valence-electron chi connectivity index (χ2n) is 6.50. The minimum Gasteiger partial charge on any atom is -0.317 e. The Balaban J connectivity index is 1.40. The second-order valence-corrected chi connectivity index (χ2v) is 6.50. The van der Waals surface area contributed by atoms with Crippen LogP contribution in [0.5, 0.6) is 0 Å². The van der Waals surface area contributed by atoms with E-state index in [-0.39, 0.29) is 0 Å². The standard InChI is InChI=1S/C18H28N2/c1-2-4-16(5-3-1)8-13-20-14-9-18(10-15-20)17-6-11-19-12-7-17/h1-5,17-19H,6-15H2. The molecular formula is C18H28N2. The van der Waals surface area contributed by atoms with Crippen LogP contribution in [0.1, 0.15) is 31.2 Å². The van der Waals surface area contributed by atoms with Crippen molar-refractivity contribution in [2.75, 3.05) is 32.7 Å². The van der Waals surface area contributed by atoms with Crippen LogP contribution in [0.3, 0.4) is 0 Å². The highest BCUT2D eigenvalue weighted by molar-refractivity contribution is 5.14. The number of nitrogens with zero attached hydrogens (tertiary/aromatic N) is 1. The van der Waals surface area contributed by atoms with Crippen molar-refractivity contribution in [2.24, 2.45) is 11.8 Å². The molecule has 2 nitrogen and oxygen atoms in total. The van der Waals surface area contributed by atoms with Crippen LogP contribution in [0, 0.1) is 11.8 Å². The van der Waals surface area contributed by atoms with E-state index in [4.69, 9.17) is 0 Å². The zero-order chi connectivity index (χ0) is 13.6. The van der Waals surface area contributed by atoms with Gasteiger partial charge in [-0.05, 0) is 75.7 Å². The summed E-state index contributed by atoms with van der Waals surface area (Å²) in [7, 11) is 0. The average molecular weight is 272 g/mol. The smallest absolute Gasteiger partial charge is 0.00218 e. The van der Waals surface area contributed by atoms with Gasteiger partial charge in [0.1, 0.15) is 0 Å². The Morgan fingerprint density at radius 1 is 0.900 bits per heavy atom. The normalized spacial score (nSPS) is 23.0. The van der Waals surface area contributed by atoms with E-state index in [1.54, 1.807) is 0 Å². The molecule has 2 aliphatic heterocycles. The van der Waals surface area contributed by atoms with E-state index in [9.17, 15) is 0 Å². The largest absolute Gasteiger partial charge is 0.317 e. The zero-order valence-corrected chi connectivity index (χ0v) is 12.6. The molecule has 20 heavy (non-hydrogen) atoms. The summed E-state index contributed by atoms with van der Waals surface area (Å²) in [6, 6.07) is 10.9. The molecule has 2 saturated heterocycles. The maximum atomic E-state index is 3.49. The van der Waals surface area contributed by atoms with Gasteiger partial charge in [-0.15, -0.1) is 0 Å². The van der Waals surface area contributed by atoms with Gasteiger partial charge in [0.15, 0.2) is 0 Å². The molecule has 1 N–H and O–H groups in total. The van der Waals surface area contributed by atoms with Crippen LogP contribution in [0.25, 0.3) is 0 Å². The highest BCUT2D eigenvalue weighted by Gasteiger charge is 2.27. The Hall–Kier alpha value is -0.860. The van der Waals surface area contributed by atoms with Crippen molar-refractivity contribution in [2.45, 2.75) is 32.1 Å². The molecule has 0 radical (unpaired) electrons. The molecule has 2 heterocycles. The molecule has 2 heteroatoms. The quantitative estimate of drug-likeness (QED) is 0.906. The highest BCUT2D eigenvalue weighted by Crippen LogP contribution is 2.30. The molecule has 3 rings (SSSR count). The summed E-state index contributed by atoms with van der Waals surface area (Å²) in [5.41, 5.74) is 1.48. The minimum absolute atomic E-state index is 1.00. The van der Waals surface area contributed by atoms with Crippen LogP contribution >= 0.6 is 0 Å². The summed E-state index contributed by atoms with van der Waals surface area (Å²) >= 11 is 0. The number of nitrogens with one attached hydrogen (secondary N) is 1. The monoisotopic (exact) mass is 272 g/mol. The maximum Gasteiger partial charge on any atom is 0.00218 e. The van der Waals surface area contributed by atoms with E-state index in [1.807, 2.05) is 0 Å². The molecule has 2 fully saturated rings. The first-order valence-electron chi connectivity index (χ1n) is 8.39. The Morgan fingerprint density at radius 3 is 2.25 bits per heavy atom. The molecule has 0 bridgehead atoms. The van der Waals surface area contributed by atoms with Gasteiger partial charge < -0.3 is 10.2 Å². The van der Waals surface area contributed by atoms with Gasteiger partial charge in [-0.25, -0.2) is 0 Å². The summed E-state index contributed by atoms with van der Waals surface area (Å²) < 4.78 is 0. The molecule has 0 unspecified atom stereocenters. The van der Waals surface area contributed by atoms with Gasteiger partial charge in [0, 0.05) is 6.54 Å². The van der Waals surface area contributed by atoms with Crippen molar-refractivity contribution in [3.63, 3.8) is 0 Å². The van der Waals surface area contributed by atoms with Gasteiger partial charge in [-0.3, -0.25) is 0 Å². The fourth-order valence-corrected chi connectivity index (χ4v) is 3.90. The molecule has 0 saturated carbocycles. The van der Waals surface area contributed by atoms with Crippen LogP contribution in [0.15, 0.2) is 30.3 Å². The lowest BCUT2D eigenvalue weighted by Crippen LogP contribution is -2.40. The lowest BCUT2D eigenvalue weighted by atomic mass is 9.79. The van der Waals surface area contributed by atoms with Gasteiger partial charge in [0.25, 0.3) is 0 Å². The Morgan fingerprint density at radius 2 is 1.55 bits per heavy atom. The summed E-state index contributed by atoms with van der Waals surface area (Å²) in [5, 5.41) is 3.49. The topological polar surface area (TPSA) is 15.3 Å². The molecule has 0 atom stereocenters. The van der Waals surface area contributed by atoms with E-state index >= 15 is 0 Å². The Kier molecular flexibility index (Phi) is 5.10. The predicted octanol–water partition coefficient (Wildman–Crippen LogP) is 2.94. The molecule has 0 spiro atoms. The molecule has 1 aromatic rings. The highest BCUT2D eigenvalue weighted by atomic mass is 15.1. The molecule has 1 aromatic carbocycles. The molecule has 110 valence electrons. The Bertz CT molecular complexity index is 376. The molecule has 0 aliphatic carbocycles. The summed E-state index contributed by atoms with van der Waals surface area (Å²) in [4.78, 5) is 2.67. The van der Waals surface area contributed by atoms with E-state index < -0.39 is 0 Å². The minimum atomic E-state index is 1.00. The molecule has 0 aromatic heterocycles. The van der Waals surface area contributed by atoms with Crippen LogP contribution in [0.2, 0.25) is 0 Å². The summed E-state index contributed by atoms with van der Waals surface area (Å²) in [6.45, 7) is 6.38. The predicted molar refractivity (Wildman–Crippen MR) is 84.9 cm³/mol. The van der Waals surface area contributed by atoms with Gasteiger partial charge in [0.05, 0.1) is 0 Å². The summed E-state index contributed by atoms with van der Waals surface area (Å²) in [6.07, 6.45) is 6.89. The maximum absolute atomic E-state index is 3.49. The molecular weight excluding hydrogens is 244 g/mol. The fourth-order valence-electron chi connectivity index (χ4n) is 3.90. The van der Waals surface area contributed by atoms with Gasteiger partial charge >= 0.3 is 0 Å². The van der Waals surface area contributed by atoms with Crippen molar-refractivity contribution >= 4 is 0 Å². The van der Waals surface area contributed by atoms with Gasteiger partial charge in [-0.1, -0.05) is 30.3 Å². The lowest BCUT2D eigenvalue weighted by Gasteiger charge is -2.37. The van der Waals surface area contributed by atoms with Crippen molar-refractivity contribution in [1.82, 2.24) is 10.2 Å². The van der Waals surface area contributed by atoms with E-state index in [1.165, 1.54) is 70.4 Å². The number of likely N-dealkylation sites (tertiary alicyclic amines) is 1. The first-order valence-corrected chi connectivity index (χ1v) is 8.39. The van der Waals surface area contributed by atoms with E-state index in [0.29, 0.717) is 0 Å². The third-order valence-electron chi connectivity index (χ3n) is 5.24.